The molecule has 0 aliphatic heterocycles. The van der Waals surface area contributed by atoms with Gasteiger partial charge in [-0.1, -0.05) is 48.5 Å². The third kappa shape index (κ3) is 4.43. The van der Waals surface area contributed by atoms with E-state index in [9.17, 15) is 19.8 Å². The first-order chi connectivity index (χ1) is 11.4. The van der Waals surface area contributed by atoms with Crippen molar-refractivity contribution in [3.63, 3.8) is 0 Å². The standard InChI is InChI=1S/C19H21NO4/c1-12-8-9-14(10-13(12)2)11-16(19(23)24)20-18(22)17(21)15-6-4-3-5-7-15/h3-10,16-17,21H,11H2,1-2H3,(H,20,22)(H,23,24)/t16-,17+/m1/s1. The van der Waals surface area contributed by atoms with E-state index >= 15 is 0 Å². The maximum atomic E-state index is 12.1. The van der Waals surface area contributed by atoms with Crippen LogP contribution < -0.4 is 5.32 Å². The second kappa shape index (κ2) is 7.75. The smallest absolute Gasteiger partial charge is 0.326 e. The molecule has 0 saturated heterocycles. The SMILES string of the molecule is Cc1ccc(C[C@@H](NC(=O)[C@@H](O)c2ccccc2)C(=O)O)cc1C. The summed E-state index contributed by atoms with van der Waals surface area (Å²) in [7, 11) is 0. The number of carbonyl (C=O) groups excluding carboxylic acids is 1. The molecule has 1 amide bonds. The molecule has 0 aromatic heterocycles. The number of carbonyl (C=O) groups is 2. The molecule has 2 aromatic rings. The number of aliphatic carboxylic acids is 1. The van der Waals surface area contributed by atoms with Gasteiger partial charge < -0.3 is 15.5 Å². The molecule has 2 rings (SSSR count). The number of amides is 1. The van der Waals surface area contributed by atoms with Crippen LogP contribution in [0.1, 0.15) is 28.4 Å². The van der Waals surface area contributed by atoms with Crippen LogP contribution in [0.3, 0.4) is 0 Å². The molecule has 0 unspecified atom stereocenters. The number of aryl methyl sites for hydroxylation is 2. The lowest BCUT2D eigenvalue weighted by molar-refractivity contribution is -0.143. The Balaban J connectivity index is 2.09. The summed E-state index contributed by atoms with van der Waals surface area (Å²) < 4.78 is 0. The third-order valence-electron chi connectivity index (χ3n) is 3.99. The van der Waals surface area contributed by atoms with Gasteiger partial charge in [-0.2, -0.15) is 0 Å². The quantitative estimate of drug-likeness (QED) is 0.759. The molecular weight excluding hydrogens is 306 g/mol. The fraction of sp³-hybridized carbons (Fsp3) is 0.263. The van der Waals surface area contributed by atoms with E-state index in [0.29, 0.717) is 5.56 Å². The summed E-state index contributed by atoms with van der Waals surface area (Å²) in [5, 5.41) is 21.8. The maximum absolute atomic E-state index is 12.1. The molecule has 2 atom stereocenters. The Bertz CT molecular complexity index is 727. The van der Waals surface area contributed by atoms with Gasteiger partial charge in [-0.15, -0.1) is 0 Å². The van der Waals surface area contributed by atoms with Crippen molar-refractivity contribution in [2.45, 2.75) is 32.4 Å². The van der Waals surface area contributed by atoms with Crippen LogP contribution in [0.25, 0.3) is 0 Å². The summed E-state index contributed by atoms with van der Waals surface area (Å²) in [5.41, 5.74) is 3.42. The van der Waals surface area contributed by atoms with E-state index in [-0.39, 0.29) is 6.42 Å². The van der Waals surface area contributed by atoms with Crippen molar-refractivity contribution in [1.29, 1.82) is 0 Å². The van der Waals surface area contributed by atoms with E-state index in [1.165, 1.54) is 0 Å². The summed E-state index contributed by atoms with van der Waals surface area (Å²) in [6.45, 7) is 3.93. The lowest BCUT2D eigenvalue weighted by atomic mass is 10.0. The monoisotopic (exact) mass is 327 g/mol. The van der Waals surface area contributed by atoms with Gasteiger partial charge >= 0.3 is 5.97 Å². The van der Waals surface area contributed by atoms with E-state index in [1.54, 1.807) is 30.3 Å². The van der Waals surface area contributed by atoms with E-state index < -0.39 is 24.0 Å². The predicted molar refractivity (Wildman–Crippen MR) is 90.6 cm³/mol. The summed E-state index contributed by atoms with van der Waals surface area (Å²) in [4.78, 5) is 23.6. The molecule has 2 aromatic carbocycles. The van der Waals surface area contributed by atoms with E-state index in [1.807, 2.05) is 32.0 Å². The summed E-state index contributed by atoms with van der Waals surface area (Å²) in [6.07, 6.45) is -1.24. The topological polar surface area (TPSA) is 86.6 Å². The number of hydrogen-bond donors (Lipinski definition) is 3. The molecule has 5 heteroatoms. The predicted octanol–water partition coefficient (Wildman–Crippen LogP) is 2.15. The average Bonchev–Trinajstić information content (AvgIpc) is 2.57. The van der Waals surface area contributed by atoms with Gasteiger partial charge in [-0.05, 0) is 36.1 Å². The van der Waals surface area contributed by atoms with Crippen molar-refractivity contribution in [3.05, 3.63) is 70.8 Å². The lowest BCUT2D eigenvalue weighted by Crippen LogP contribution is -2.44. The highest BCUT2D eigenvalue weighted by molar-refractivity contribution is 5.87. The number of hydrogen-bond acceptors (Lipinski definition) is 3. The van der Waals surface area contributed by atoms with Crippen LogP contribution in [-0.2, 0) is 16.0 Å². The Labute approximate surface area is 141 Å². The molecule has 0 aliphatic carbocycles. The maximum Gasteiger partial charge on any atom is 0.326 e. The highest BCUT2D eigenvalue weighted by Crippen LogP contribution is 2.14. The van der Waals surface area contributed by atoms with Gasteiger partial charge in [0.25, 0.3) is 5.91 Å². The number of rotatable bonds is 6. The van der Waals surface area contributed by atoms with Crippen LogP contribution in [0.15, 0.2) is 48.5 Å². The fourth-order valence-corrected chi connectivity index (χ4v) is 2.40. The molecule has 0 bridgehead atoms. The van der Waals surface area contributed by atoms with Gasteiger partial charge in [0.15, 0.2) is 6.10 Å². The molecule has 24 heavy (non-hydrogen) atoms. The van der Waals surface area contributed by atoms with Crippen molar-refractivity contribution in [3.8, 4) is 0 Å². The first kappa shape index (κ1) is 17.7. The molecule has 0 radical (unpaired) electrons. The molecular formula is C19H21NO4. The van der Waals surface area contributed by atoms with Gasteiger partial charge in [0.1, 0.15) is 6.04 Å². The van der Waals surface area contributed by atoms with Gasteiger partial charge in [-0.25, -0.2) is 4.79 Å². The highest BCUT2D eigenvalue weighted by Gasteiger charge is 2.25. The van der Waals surface area contributed by atoms with Crippen LogP contribution in [0.5, 0.6) is 0 Å². The van der Waals surface area contributed by atoms with Crippen LogP contribution in [0, 0.1) is 13.8 Å². The molecule has 3 N–H and O–H groups in total. The number of benzene rings is 2. The number of carboxylic acid groups (broad SMARTS) is 1. The molecule has 0 spiro atoms. The van der Waals surface area contributed by atoms with Crippen molar-refractivity contribution in [2.24, 2.45) is 0 Å². The first-order valence-corrected chi connectivity index (χ1v) is 7.71. The van der Waals surface area contributed by atoms with Crippen LogP contribution in [-0.4, -0.2) is 28.1 Å². The Morgan fingerprint density at radius 2 is 1.71 bits per heavy atom. The zero-order valence-electron chi connectivity index (χ0n) is 13.7. The second-order valence-corrected chi connectivity index (χ2v) is 5.84. The van der Waals surface area contributed by atoms with Gasteiger partial charge in [0.2, 0.25) is 0 Å². The summed E-state index contributed by atoms with van der Waals surface area (Å²) in [6, 6.07) is 13.0. The normalized spacial score (nSPS) is 13.1. The van der Waals surface area contributed by atoms with E-state index in [4.69, 9.17) is 0 Å². The minimum atomic E-state index is -1.40. The number of carboxylic acids is 1. The lowest BCUT2D eigenvalue weighted by Gasteiger charge is -2.18. The molecule has 126 valence electrons. The van der Waals surface area contributed by atoms with E-state index in [0.717, 1.165) is 16.7 Å². The number of aliphatic hydroxyl groups is 1. The Morgan fingerprint density at radius 3 is 2.29 bits per heavy atom. The Kier molecular flexibility index (Phi) is 5.71. The molecule has 0 saturated carbocycles. The third-order valence-corrected chi connectivity index (χ3v) is 3.99. The summed E-state index contributed by atoms with van der Waals surface area (Å²) >= 11 is 0. The van der Waals surface area contributed by atoms with Gasteiger partial charge in [0, 0.05) is 6.42 Å². The number of nitrogens with one attached hydrogen (secondary N) is 1. The van der Waals surface area contributed by atoms with Crippen LogP contribution >= 0.6 is 0 Å². The minimum Gasteiger partial charge on any atom is -0.480 e. The zero-order chi connectivity index (χ0) is 17.7. The largest absolute Gasteiger partial charge is 0.480 e. The molecule has 0 heterocycles. The van der Waals surface area contributed by atoms with E-state index in [2.05, 4.69) is 5.32 Å². The van der Waals surface area contributed by atoms with Gasteiger partial charge in [-0.3, -0.25) is 4.79 Å². The fourth-order valence-electron chi connectivity index (χ4n) is 2.40. The zero-order valence-corrected chi connectivity index (χ0v) is 13.7. The minimum absolute atomic E-state index is 0.156. The summed E-state index contributed by atoms with van der Waals surface area (Å²) in [5.74, 6) is -1.86. The average molecular weight is 327 g/mol. The molecule has 0 aliphatic rings. The van der Waals surface area contributed by atoms with Crippen molar-refractivity contribution >= 4 is 11.9 Å². The van der Waals surface area contributed by atoms with Crippen molar-refractivity contribution < 1.29 is 19.8 Å². The first-order valence-electron chi connectivity index (χ1n) is 7.71. The van der Waals surface area contributed by atoms with Crippen molar-refractivity contribution in [2.75, 3.05) is 0 Å². The number of aliphatic hydroxyl groups excluding tert-OH is 1. The van der Waals surface area contributed by atoms with Crippen LogP contribution in [0.2, 0.25) is 0 Å². The Morgan fingerprint density at radius 1 is 1.04 bits per heavy atom. The molecule has 0 fully saturated rings. The van der Waals surface area contributed by atoms with Crippen molar-refractivity contribution in [1.82, 2.24) is 5.32 Å². The molecule has 5 nitrogen and oxygen atoms in total. The van der Waals surface area contributed by atoms with Crippen LogP contribution in [0.4, 0.5) is 0 Å². The highest BCUT2D eigenvalue weighted by atomic mass is 16.4. The van der Waals surface area contributed by atoms with Gasteiger partial charge in [0.05, 0.1) is 0 Å². The second-order valence-electron chi connectivity index (χ2n) is 5.84. The Hall–Kier alpha value is -2.66.